The zero-order valence-corrected chi connectivity index (χ0v) is 9.90. The van der Waals surface area contributed by atoms with E-state index in [0.29, 0.717) is 13.1 Å². The summed E-state index contributed by atoms with van der Waals surface area (Å²) < 4.78 is 0.0840. The summed E-state index contributed by atoms with van der Waals surface area (Å²) in [5.74, 6) is 2.22. The summed E-state index contributed by atoms with van der Waals surface area (Å²) in [6, 6.07) is 0. The molecule has 1 saturated heterocycles. The van der Waals surface area contributed by atoms with Gasteiger partial charge in [0, 0.05) is 11.5 Å². The summed E-state index contributed by atoms with van der Waals surface area (Å²) in [5.41, 5.74) is 0. The van der Waals surface area contributed by atoms with Crippen LogP contribution in [0.25, 0.3) is 0 Å². The number of nitrogens with zero attached hydrogens (tertiary/aromatic N) is 2. The first kappa shape index (κ1) is 12.5. The second kappa shape index (κ2) is 6.85. The van der Waals surface area contributed by atoms with Crippen molar-refractivity contribution in [2.24, 2.45) is 9.98 Å². The van der Waals surface area contributed by atoms with Gasteiger partial charge in [-0.15, -0.1) is 23.5 Å². The zero-order chi connectivity index (χ0) is 11.0. The maximum Gasteiger partial charge on any atom is 0.234 e. The predicted molar refractivity (Wildman–Crippen MR) is 62.9 cm³/mol. The van der Waals surface area contributed by atoms with Crippen LogP contribution >= 0.6 is 23.5 Å². The summed E-state index contributed by atoms with van der Waals surface area (Å²) >= 11 is 3.75. The Bertz CT molecular complexity index is 266. The number of hydrogen-bond acceptors (Lipinski definition) is 6. The highest BCUT2D eigenvalue weighted by molar-refractivity contribution is 8.21. The molecule has 0 N–H and O–H groups in total. The van der Waals surface area contributed by atoms with Crippen LogP contribution in [-0.4, -0.2) is 40.8 Å². The van der Waals surface area contributed by atoms with Crippen molar-refractivity contribution in [3.63, 3.8) is 0 Å². The van der Waals surface area contributed by atoms with E-state index in [4.69, 9.17) is 0 Å². The minimum absolute atomic E-state index is 0.0840. The highest BCUT2D eigenvalue weighted by atomic mass is 32.2. The smallest absolute Gasteiger partial charge is 0.211 e. The molecule has 0 amide bonds. The van der Waals surface area contributed by atoms with E-state index in [2.05, 4.69) is 9.98 Å². The van der Waals surface area contributed by atoms with E-state index >= 15 is 0 Å². The molecule has 1 fully saturated rings. The topological polar surface area (TPSA) is 58.9 Å². The van der Waals surface area contributed by atoms with Gasteiger partial charge in [-0.05, 0) is 12.8 Å². The van der Waals surface area contributed by atoms with Crippen molar-refractivity contribution >= 4 is 35.7 Å². The van der Waals surface area contributed by atoms with E-state index < -0.39 is 0 Å². The highest BCUT2D eigenvalue weighted by Gasteiger charge is 2.34. The molecule has 0 aromatic rings. The third-order valence-electron chi connectivity index (χ3n) is 2.15. The molecule has 0 aliphatic carbocycles. The van der Waals surface area contributed by atoms with Gasteiger partial charge in [-0.3, -0.25) is 0 Å². The Balaban J connectivity index is 2.45. The van der Waals surface area contributed by atoms with E-state index in [0.717, 1.165) is 24.3 Å². The number of thioether (sulfide) groups is 2. The molecule has 0 saturated carbocycles. The third-order valence-corrected chi connectivity index (χ3v) is 5.80. The van der Waals surface area contributed by atoms with Gasteiger partial charge in [-0.1, -0.05) is 0 Å². The van der Waals surface area contributed by atoms with Crippen LogP contribution < -0.4 is 0 Å². The monoisotopic (exact) mass is 244 g/mol. The summed E-state index contributed by atoms with van der Waals surface area (Å²) in [7, 11) is 0. The normalized spacial score (nSPS) is 17.9. The Morgan fingerprint density at radius 2 is 1.47 bits per heavy atom. The van der Waals surface area contributed by atoms with E-state index in [1.54, 1.807) is 12.2 Å². The van der Waals surface area contributed by atoms with Crippen LogP contribution in [0, 0.1) is 0 Å². The summed E-state index contributed by atoms with van der Waals surface area (Å²) in [6.45, 7) is 1.02. The molecule has 0 bridgehead atoms. The molecule has 1 aliphatic heterocycles. The molecule has 4 nitrogen and oxygen atoms in total. The summed E-state index contributed by atoms with van der Waals surface area (Å²) in [4.78, 5) is 27.1. The van der Waals surface area contributed by atoms with Gasteiger partial charge in [0.1, 0.15) is 0 Å². The van der Waals surface area contributed by atoms with Crippen molar-refractivity contribution in [3.05, 3.63) is 0 Å². The molecule has 82 valence electrons. The number of rotatable bonds is 6. The lowest BCUT2D eigenvalue weighted by Gasteiger charge is -2.25. The zero-order valence-electron chi connectivity index (χ0n) is 8.27. The molecular formula is C9H12N2O2S2. The van der Waals surface area contributed by atoms with Crippen LogP contribution in [0.15, 0.2) is 9.98 Å². The molecule has 0 spiro atoms. The summed E-state index contributed by atoms with van der Waals surface area (Å²) in [6.07, 6.45) is 4.77. The SMILES string of the molecule is O=C=NCCC1(CCN=C=O)SCCS1. The summed E-state index contributed by atoms with van der Waals surface area (Å²) in [5, 5.41) is 0. The molecule has 1 heterocycles. The minimum Gasteiger partial charge on any atom is -0.211 e. The van der Waals surface area contributed by atoms with Crippen molar-refractivity contribution < 1.29 is 9.59 Å². The molecule has 0 unspecified atom stereocenters. The van der Waals surface area contributed by atoms with Crippen LogP contribution in [0.1, 0.15) is 12.8 Å². The van der Waals surface area contributed by atoms with Crippen molar-refractivity contribution in [2.45, 2.75) is 16.9 Å². The Labute approximate surface area is 97.0 Å². The second-order valence-electron chi connectivity index (χ2n) is 3.05. The average Bonchev–Trinajstić information content (AvgIpc) is 2.68. The Hall–Kier alpha value is -0.540. The minimum atomic E-state index is 0.0840. The van der Waals surface area contributed by atoms with Gasteiger partial charge in [0.2, 0.25) is 12.2 Å². The molecular weight excluding hydrogens is 232 g/mol. The van der Waals surface area contributed by atoms with Crippen LogP contribution in [0.2, 0.25) is 0 Å². The molecule has 0 aromatic carbocycles. The van der Waals surface area contributed by atoms with Gasteiger partial charge in [0.15, 0.2) is 0 Å². The maximum atomic E-state index is 9.97. The number of hydrogen-bond donors (Lipinski definition) is 0. The first-order valence-electron chi connectivity index (χ1n) is 4.68. The lowest BCUT2D eigenvalue weighted by Crippen LogP contribution is -2.19. The molecule has 15 heavy (non-hydrogen) atoms. The van der Waals surface area contributed by atoms with Gasteiger partial charge >= 0.3 is 0 Å². The van der Waals surface area contributed by atoms with Gasteiger partial charge in [0.05, 0.1) is 17.2 Å². The van der Waals surface area contributed by atoms with Crippen LogP contribution in [-0.2, 0) is 9.59 Å². The Morgan fingerprint density at radius 1 is 1.00 bits per heavy atom. The molecule has 0 aromatic heterocycles. The van der Waals surface area contributed by atoms with Crippen LogP contribution in [0.4, 0.5) is 0 Å². The molecule has 0 radical (unpaired) electrons. The fourth-order valence-electron chi connectivity index (χ4n) is 1.45. The second-order valence-corrected chi connectivity index (χ2v) is 6.27. The number of isocyanates is 2. The van der Waals surface area contributed by atoms with Crippen LogP contribution in [0.5, 0.6) is 0 Å². The van der Waals surface area contributed by atoms with Gasteiger partial charge < -0.3 is 0 Å². The maximum absolute atomic E-state index is 9.97. The molecule has 1 aliphatic rings. The first-order chi connectivity index (χ1) is 7.33. The Kier molecular flexibility index (Phi) is 5.73. The van der Waals surface area contributed by atoms with Crippen LogP contribution in [0.3, 0.4) is 0 Å². The van der Waals surface area contributed by atoms with E-state index in [9.17, 15) is 9.59 Å². The van der Waals surface area contributed by atoms with E-state index in [1.165, 1.54) is 0 Å². The van der Waals surface area contributed by atoms with Crippen molar-refractivity contribution in [1.29, 1.82) is 0 Å². The van der Waals surface area contributed by atoms with Crippen molar-refractivity contribution in [3.8, 4) is 0 Å². The molecule has 6 heteroatoms. The molecule has 0 atom stereocenters. The van der Waals surface area contributed by atoms with Crippen molar-refractivity contribution in [1.82, 2.24) is 0 Å². The predicted octanol–water partition coefficient (Wildman–Crippen LogP) is 1.61. The highest BCUT2D eigenvalue weighted by Crippen LogP contribution is 2.48. The standard InChI is InChI=1S/C9H12N2O2S2/c12-7-10-3-1-9(2-4-11-8-13)14-5-6-15-9/h1-6H2. The first-order valence-corrected chi connectivity index (χ1v) is 6.65. The molecule has 1 rings (SSSR count). The largest absolute Gasteiger partial charge is 0.234 e. The fraction of sp³-hybridized carbons (Fsp3) is 0.778. The van der Waals surface area contributed by atoms with E-state index in [-0.39, 0.29) is 4.08 Å². The number of carbonyl (C=O) groups excluding carboxylic acids is 2. The van der Waals surface area contributed by atoms with Gasteiger partial charge in [-0.2, -0.15) is 0 Å². The Morgan fingerprint density at radius 3 is 1.87 bits per heavy atom. The fourth-order valence-corrected chi connectivity index (χ4v) is 4.64. The van der Waals surface area contributed by atoms with Crippen molar-refractivity contribution in [2.75, 3.05) is 24.6 Å². The third kappa shape index (κ3) is 4.22. The van der Waals surface area contributed by atoms with Gasteiger partial charge in [-0.25, -0.2) is 19.6 Å². The number of aliphatic imine (C=N–C) groups is 2. The quantitative estimate of drug-likeness (QED) is 0.526. The average molecular weight is 244 g/mol. The van der Waals surface area contributed by atoms with E-state index in [1.807, 2.05) is 23.5 Å². The lowest BCUT2D eigenvalue weighted by atomic mass is 10.2. The lowest BCUT2D eigenvalue weighted by molar-refractivity contribution is 0.559. The van der Waals surface area contributed by atoms with Gasteiger partial charge in [0.25, 0.3) is 0 Å².